The number of imidazole rings is 1. The third-order valence-corrected chi connectivity index (χ3v) is 4.91. The molecule has 0 unspecified atom stereocenters. The first-order valence-corrected chi connectivity index (χ1v) is 8.83. The topological polar surface area (TPSA) is 59.6 Å². The molecule has 6 heteroatoms. The van der Waals surface area contributed by atoms with Crippen molar-refractivity contribution in [3.8, 4) is 0 Å². The van der Waals surface area contributed by atoms with E-state index in [4.69, 9.17) is 0 Å². The molecule has 0 N–H and O–H groups in total. The van der Waals surface area contributed by atoms with Gasteiger partial charge in [0.15, 0.2) is 0 Å². The number of rotatable bonds is 4. The highest BCUT2D eigenvalue weighted by Crippen LogP contribution is 2.24. The number of carbonyl (C=O) groups excluding carboxylic acids is 1. The molecule has 1 fully saturated rings. The largest absolute Gasteiger partial charge is 0.336 e. The SMILES string of the molecule is Cc1cc(=O)nc2n(CC(=O)N(C(C)C)C3CCCCC3)ccn12. The van der Waals surface area contributed by atoms with Gasteiger partial charge in [-0.15, -0.1) is 0 Å². The van der Waals surface area contributed by atoms with Gasteiger partial charge in [0, 0.05) is 36.2 Å². The maximum Gasteiger partial charge on any atom is 0.274 e. The molecule has 1 aliphatic carbocycles. The highest BCUT2D eigenvalue weighted by Gasteiger charge is 2.27. The number of amides is 1. The van der Waals surface area contributed by atoms with Crippen LogP contribution in [0.5, 0.6) is 0 Å². The van der Waals surface area contributed by atoms with Crippen molar-refractivity contribution in [2.24, 2.45) is 0 Å². The highest BCUT2D eigenvalue weighted by molar-refractivity contribution is 5.77. The van der Waals surface area contributed by atoms with Crippen molar-refractivity contribution in [3.63, 3.8) is 0 Å². The van der Waals surface area contributed by atoms with E-state index in [-0.39, 0.29) is 24.1 Å². The van der Waals surface area contributed by atoms with Crippen LogP contribution in [-0.2, 0) is 11.3 Å². The Labute approximate surface area is 142 Å². The van der Waals surface area contributed by atoms with Crippen LogP contribution in [0.3, 0.4) is 0 Å². The summed E-state index contributed by atoms with van der Waals surface area (Å²) in [7, 11) is 0. The zero-order valence-corrected chi connectivity index (χ0v) is 14.7. The molecular formula is C18H26N4O2. The lowest BCUT2D eigenvalue weighted by Gasteiger charge is -2.37. The van der Waals surface area contributed by atoms with Crippen molar-refractivity contribution in [1.29, 1.82) is 0 Å². The second-order valence-electron chi connectivity index (χ2n) is 7.02. The average Bonchev–Trinajstić information content (AvgIpc) is 2.91. The molecule has 0 atom stereocenters. The fourth-order valence-corrected chi connectivity index (χ4v) is 3.81. The van der Waals surface area contributed by atoms with E-state index in [0.717, 1.165) is 18.5 Å². The van der Waals surface area contributed by atoms with Gasteiger partial charge in [0.1, 0.15) is 6.54 Å². The number of aryl methyl sites for hydroxylation is 1. The van der Waals surface area contributed by atoms with E-state index in [1.54, 1.807) is 4.57 Å². The molecule has 2 heterocycles. The molecule has 1 saturated carbocycles. The fourth-order valence-electron chi connectivity index (χ4n) is 3.81. The van der Waals surface area contributed by atoms with E-state index in [1.807, 2.05) is 28.6 Å². The molecule has 24 heavy (non-hydrogen) atoms. The van der Waals surface area contributed by atoms with E-state index in [9.17, 15) is 9.59 Å². The van der Waals surface area contributed by atoms with E-state index < -0.39 is 0 Å². The minimum Gasteiger partial charge on any atom is -0.336 e. The Bertz CT molecular complexity index is 784. The van der Waals surface area contributed by atoms with Gasteiger partial charge in [-0.05, 0) is 33.6 Å². The first-order valence-electron chi connectivity index (χ1n) is 8.83. The van der Waals surface area contributed by atoms with Crippen LogP contribution in [0.4, 0.5) is 0 Å². The van der Waals surface area contributed by atoms with Crippen LogP contribution >= 0.6 is 0 Å². The van der Waals surface area contributed by atoms with E-state index in [0.29, 0.717) is 11.8 Å². The normalized spacial score (nSPS) is 16.0. The Morgan fingerprint density at radius 3 is 2.67 bits per heavy atom. The van der Waals surface area contributed by atoms with Gasteiger partial charge in [0.25, 0.3) is 5.56 Å². The van der Waals surface area contributed by atoms with Gasteiger partial charge in [0.05, 0.1) is 0 Å². The van der Waals surface area contributed by atoms with Crippen molar-refractivity contribution in [2.75, 3.05) is 0 Å². The predicted molar refractivity (Wildman–Crippen MR) is 93.0 cm³/mol. The zero-order valence-electron chi connectivity index (χ0n) is 14.7. The Hall–Kier alpha value is -2.11. The third kappa shape index (κ3) is 3.23. The lowest BCUT2D eigenvalue weighted by Crippen LogP contribution is -2.47. The van der Waals surface area contributed by atoms with Crippen LogP contribution in [-0.4, -0.2) is 36.8 Å². The molecular weight excluding hydrogens is 304 g/mol. The molecule has 0 spiro atoms. The van der Waals surface area contributed by atoms with Crippen molar-refractivity contribution in [2.45, 2.75) is 71.5 Å². The Kier molecular flexibility index (Phi) is 4.73. The molecule has 0 saturated heterocycles. The van der Waals surface area contributed by atoms with Gasteiger partial charge in [-0.2, -0.15) is 4.98 Å². The smallest absolute Gasteiger partial charge is 0.274 e. The van der Waals surface area contributed by atoms with Crippen molar-refractivity contribution in [1.82, 2.24) is 18.9 Å². The lowest BCUT2D eigenvalue weighted by molar-refractivity contribution is -0.136. The quantitative estimate of drug-likeness (QED) is 0.865. The van der Waals surface area contributed by atoms with Gasteiger partial charge in [0.2, 0.25) is 11.7 Å². The van der Waals surface area contributed by atoms with E-state index in [2.05, 4.69) is 18.8 Å². The number of hydrogen-bond donors (Lipinski definition) is 0. The monoisotopic (exact) mass is 330 g/mol. The van der Waals surface area contributed by atoms with Crippen LogP contribution in [0.25, 0.3) is 5.78 Å². The molecule has 0 aliphatic heterocycles. The summed E-state index contributed by atoms with van der Waals surface area (Å²) in [6.45, 7) is 6.24. The average molecular weight is 330 g/mol. The van der Waals surface area contributed by atoms with Crippen molar-refractivity contribution in [3.05, 3.63) is 34.5 Å². The zero-order chi connectivity index (χ0) is 17.3. The summed E-state index contributed by atoms with van der Waals surface area (Å²) in [5.41, 5.74) is 0.553. The first-order chi connectivity index (χ1) is 11.5. The van der Waals surface area contributed by atoms with Gasteiger partial charge in [-0.3, -0.25) is 14.0 Å². The molecule has 6 nitrogen and oxygen atoms in total. The van der Waals surface area contributed by atoms with Gasteiger partial charge >= 0.3 is 0 Å². The van der Waals surface area contributed by atoms with Crippen LogP contribution < -0.4 is 5.56 Å². The summed E-state index contributed by atoms with van der Waals surface area (Å²) in [6.07, 6.45) is 9.52. The summed E-state index contributed by atoms with van der Waals surface area (Å²) in [5, 5.41) is 0. The number of nitrogens with zero attached hydrogens (tertiary/aromatic N) is 4. The van der Waals surface area contributed by atoms with Gasteiger partial charge < -0.3 is 9.47 Å². The molecule has 0 bridgehead atoms. The van der Waals surface area contributed by atoms with Gasteiger partial charge in [-0.25, -0.2) is 0 Å². The molecule has 2 aromatic heterocycles. The summed E-state index contributed by atoms with van der Waals surface area (Å²) >= 11 is 0. The lowest BCUT2D eigenvalue weighted by atomic mass is 9.93. The molecule has 0 radical (unpaired) electrons. The number of carbonyl (C=O) groups is 1. The second kappa shape index (κ2) is 6.79. The molecule has 130 valence electrons. The summed E-state index contributed by atoms with van der Waals surface area (Å²) in [5.74, 6) is 0.631. The number of hydrogen-bond acceptors (Lipinski definition) is 3. The second-order valence-corrected chi connectivity index (χ2v) is 7.02. The standard InChI is InChI=1S/C18H26N4O2/c1-13(2)22(15-7-5-4-6-8-15)17(24)12-20-9-10-21-14(3)11-16(23)19-18(20)21/h9-11,13,15H,4-8,12H2,1-3H3. The Balaban J connectivity index is 1.86. The Morgan fingerprint density at radius 1 is 1.29 bits per heavy atom. The summed E-state index contributed by atoms with van der Waals surface area (Å²) < 4.78 is 3.62. The molecule has 2 aromatic rings. The predicted octanol–water partition coefficient (Wildman–Crippen LogP) is 2.37. The molecule has 0 aromatic carbocycles. The number of aromatic nitrogens is 3. The molecule has 1 amide bonds. The highest BCUT2D eigenvalue weighted by atomic mass is 16.2. The van der Waals surface area contributed by atoms with Crippen molar-refractivity contribution >= 4 is 11.7 Å². The molecule has 3 rings (SSSR count). The maximum absolute atomic E-state index is 13.0. The van der Waals surface area contributed by atoms with Crippen LogP contribution in [0.1, 0.15) is 51.6 Å². The van der Waals surface area contributed by atoms with E-state index >= 15 is 0 Å². The molecule has 1 aliphatic rings. The fraction of sp³-hybridized carbons (Fsp3) is 0.611. The van der Waals surface area contributed by atoms with Crippen LogP contribution in [0, 0.1) is 6.92 Å². The first kappa shape index (κ1) is 16.7. The van der Waals surface area contributed by atoms with Crippen LogP contribution in [0.2, 0.25) is 0 Å². The summed E-state index contributed by atoms with van der Waals surface area (Å²) in [4.78, 5) is 30.7. The van der Waals surface area contributed by atoms with Gasteiger partial charge in [-0.1, -0.05) is 19.3 Å². The van der Waals surface area contributed by atoms with E-state index in [1.165, 1.54) is 25.3 Å². The summed E-state index contributed by atoms with van der Waals surface area (Å²) in [6, 6.07) is 2.02. The van der Waals surface area contributed by atoms with Crippen LogP contribution in [0.15, 0.2) is 23.3 Å². The third-order valence-electron chi connectivity index (χ3n) is 4.91. The van der Waals surface area contributed by atoms with Crippen molar-refractivity contribution < 1.29 is 4.79 Å². The maximum atomic E-state index is 13.0. The Morgan fingerprint density at radius 2 is 2.00 bits per heavy atom. The number of fused-ring (bicyclic) bond motifs is 1. The minimum atomic E-state index is -0.270. The minimum absolute atomic E-state index is 0.103.